The summed E-state index contributed by atoms with van der Waals surface area (Å²) in [6, 6.07) is 4.22. The Kier molecular flexibility index (Phi) is 6.60. The van der Waals surface area contributed by atoms with Gasteiger partial charge in [-0.25, -0.2) is 8.42 Å². The highest BCUT2D eigenvalue weighted by molar-refractivity contribution is 7.89. The first kappa shape index (κ1) is 21.7. The van der Waals surface area contributed by atoms with E-state index in [-0.39, 0.29) is 22.6 Å². The summed E-state index contributed by atoms with van der Waals surface area (Å²) in [6.07, 6.45) is 1.39. The highest BCUT2D eigenvalue weighted by Crippen LogP contribution is 2.26. The van der Waals surface area contributed by atoms with Gasteiger partial charge < -0.3 is 15.0 Å². The van der Waals surface area contributed by atoms with E-state index >= 15 is 0 Å². The molecule has 29 heavy (non-hydrogen) atoms. The lowest BCUT2D eigenvalue weighted by Crippen LogP contribution is -2.44. The van der Waals surface area contributed by atoms with E-state index in [1.165, 1.54) is 10.4 Å². The van der Waals surface area contributed by atoms with Crippen LogP contribution in [0.1, 0.15) is 32.3 Å². The maximum Gasteiger partial charge on any atom is 0.247 e. The highest BCUT2D eigenvalue weighted by atomic mass is 32.2. The van der Waals surface area contributed by atoms with Gasteiger partial charge >= 0.3 is 0 Å². The van der Waals surface area contributed by atoms with Gasteiger partial charge in [0, 0.05) is 31.2 Å². The summed E-state index contributed by atoms with van der Waals surface area (Å²) in [5, 5.41) is 2.85. The molecule has 2 fully saturated rings. The molecule has 0 aromatic heterocycles. The topological polar surface area (TPSA) is 96.0 Å². The Hall–Kier alpha value is -1.97. The summed E-state index contributed by atoms with van der Waals surface area (Å²) >= 11 is 0. The summed E-state index contributed by atoms with van der Waals surface area (Å²) in [6.45, 7) is 7.39. The molecule has 1 atom stereocenters. The van der Waals surface area contributed by atoms with Crippen LogP contribution in [0.25, 0.3) is 0 Å². The second kappa shape index (κ2) is 8.81. The van der Waals surface area contributed by atoms with E-state index in [1.54, 1.807) is 17.0 Å². The Morgan fingerprint density at radius 3 is 2.52 bits per heavy atom. The van der Waals surface area contributed by atoms with Crippen LogP contribution in [0.5, 0.6) is 0 Å². The first-order valence-electron chi connectivity index (χ1n) is 10.0. The standard InChI is InChI=1S/C20H29N3O5S/c1-14(2)20(25)23-8-4-5-18(23)19(24)21-17-13-16(7-6-15(17)3)29(26,27)22-9-11-28-12-10-22/h6-7,13-14,18H,4-5,8-12H2,1-3H3,(H,21,24). The number of ether oxygens (including phenoxy) is 1. The molecule has 2 aliphatic rings. The van der Waals surface area contributed by atoms with Crippen molar-refractivity contribution in [1.29, 1.82) is 0 Å². The fourth-order valence-electron chi connectivity index (χ4n) is 3.68. The lowest BCUT2D eigenvalue weighted by molar-refractivity contribution is -0.139. The molecule has 3 rings (SSSR count). The summed E-state index contributed by atoms with van der Waals surface area (Å²) in [7, 11) is -3.65. The maximum absolute atomic E-state index is 12.9. The number of amides is 2. The smallest absolute Gasteiger partial charge is 0.247 e. The molecule has 0 bridgehead atoms. The van der Waals surface area contributed by atoms with Crippen LogP contribution in [0.2, 0.25) is 0 Å². The number of aryl methyl sites for hydroxylation is 1. The van der Waals surface area contributed by atoms with Crippen LogP contribution in [0.4, 0.5) is 5.69 Å². The van der Waals surface area contributed by atoms with Crippen molar-refractivity contribution >= 4 is 27.5 Å². The second-order valence-corrected chi connectivity index (χ2v) is 9.76. The van der Waals surface area contributed by atoms with Gasteiger partial charge in [-0.15, -0.1) is 0 Å². The molecular weight excluding hydrogens is 394 g/mol. The van der Waals surface area contributed by atoms with Crippen molar-refractivity contribution in [2.45, 2.75) is 44.6 Å². The fraction of sp³-hybridized carbons (Fsp3) is 0.600. The predicted molar refractivity (Wildman–Crippen MR) is 109 cm³/mol. The number of morpholine rings is 1. The van der Waals surface area contributed by atoms with Crippen molar-refractivity contribution in [3.63, 3.8) is 0 Å². The van der Waals surface area contributed by atoms with Gasteiger partial charge in [-0.2, -0.15) is 4.31 Å². The van der Waals surface area contributed by atoms with Crippen molar-refractivity contribution in [1.82, 2.24) is 9.21 Å². The number of hydrogen-bond acceptors (Lipinski definition) is 5. The van der Waals surface area contributed by atoms with Crippen LogP contribution in [-0.2, 0) is 24.3 Å². The number of likely N-dealkylation sites (tertiary alicyclic amines) is 1. The summed E-state index contributed by atoms with van der Waals surface area (Å²) in [5.74, 6) is -0.490. The van der Waals surface area contributed by atoms with Crippen molar-refractivity contribution in [2.75, 3.05) is 38.2 Å². The Bertz CT molecular complexity index is 878. The quantitative estimate of drug-likeness (QED) is 0.776. The number of rotatable bonds is 5. The first-order chi connectivity index (χ1) is 13.7. The minimum atomic E-state index is -3.65. The van der Waals surface area contributed by atoms with E-state index in [4.69, 9.17) is 4.74 Å². The Morgan fingerprint density at radius 2 is 1.86 bits per heavy atom. The van der Waals surface area contributed by atoms with Crippen LogP contribution in [0.3, 0.4) is 0 Å². The molecule has 1 unspecified atom stereocenters. The van der Waals surface area contributed by atoms with E-state index < -0.39 is 16.1 Å². The third-order valence-corrected chi connectivity index (χ3v) is 7.30. The Morgan fingerprint density at radius 1 is 1.17 bits per heavy atom. The summed E-state index contributed by atoms with van der Waals surface area (Å²) < 4.78 is 32.5. The van der Waals surface area contributed by atoms with Crippen LogP contribution in [0, 0.1) is 12.8 Å². The molecule has 0 aliphatic carbocycles. The zero-order valence-electron chi connectivity index (χ0n) is 17.2. The molecule has 0 spiro atoms. The average Bonchev–Trinajstić information content (AvgIpc) is 3.19. The number of nitrogens with zero attached hydrogens (tertiary/aromatic N) is 2. The lowest BCUT2D eigenvalue weighted by atomic mass is 10.1. The van der Waals surface area contributed by atoms with Gasteiger partial charge in [-0.3, -0.25) is 9.59 Å². The number of nitrogens with one attached hydrogen (secondary N) is 1. The molecule has 0 radical (unpaired) electrons. The largest absolute Gasteiger partial charge is 0.379 e. The van der Waals surface area contributed by atoms with Crippen LogP contribution in [-0.4, -0.2) is 68.3 Å². The van der Waals surface area contributed by atoms with Gasteiger partial charge in [0.15, 0.2) is 0 Å². The average molecular weight is 424 g/mol. The van der Waals surface area contributed by atoms with Gasteiger partial charge in [0.1, 0.15) is 6.04 Å². The fourth-order valence-corrected chi connectivity index (χ4v) is 5.12. The molecule has 9 heteroatoms. The molecular formula is C20H29N3O5S. The first-order valence-corrected chi connectivity index (χ1v) is 11.5. The molecule has 1 aromatic carbocycles. The SMILES string of the molecule is Cc1ccc(S(=O)(=O)N2CCOCC2)cc1NC(=O)C1CCCN1C(=O)C(C)C. The molecule has 2 amide bonds. The third kappa shape index (κ3) is 4.62. The lowest BCUT2D eigenvalue weighted by Gasteiger charge is -2.27. The Labute approximate surface area is 172 Å². The molecule has 1 N–H and O–H groups in total. The van der Waals surface area contributed by atoms with E-state index in [0.29, 0.717) is 45.0 Å². The molecule has 2 heterocycles. The van der Waals surface area contributed by atoms with Gasteiger partial charge in [0.25, 0.3) is 0 Å². The van der Waals surface area contributed by atoms with E-state index in [1.807, 2.05) is 20.8 Å². The van der Waals surface area contributed by atoms with Crippen LogP contribution >= 0.6 is 0 Å². The van der Waals surface area contributed by atoms with Gasteiger partial charge in [0.05, 0.1) is 18.1 Å². The zero-order chi connectivity index (χ0) is 21.2. The minimum Gasteiger partial charge on any atom is -0.379 e. The number of carbonyl (C=O) groups excluding carboxylic acids is 2. The van der Waals surface area contributed by atoms with Crippen molar-refractivity contribution in [2.24, 2.45) is 5.92 Å². The molecule has 1 aromatic rings. The molecule has 8 nitrogen and oxygen atoms in total. The van der Waals surface area contributed by atoms with Gasteiger partial charge in [-0.1, -0.05) is 19.9 Å². The number of carbonyl (C=O) groups is 2. The molecule has 2 saturated heterocycles. The van der Waals surface area contributed by atoms with E-state index in [9.17, 15) is 18.0 Å². The predicted octanol–water partition coefficient (Wildman–Crippen LogP) is 1.60. The molecule has 160 valence electrons. The van der Waals surface area contributed by atoms with Crippen molar-refractivity contribution in [3.8, 4) is 0 Å². The van der Waals surface area contributed by atoms with Gasteiger partial charge in [-0.05, 0) is 37.5 Å². The van der Waals surface area contributed by atoms with Crippen molar-refractivity contribution < 1.29 is 22.7 Å². The number of benzene rings is 1. The molecule has 0 saturated carbocycles. The highest BCUT2D eigenvalue weighted by Gasteiger charge is 2.35. The van der Waals surface area contributed by atoms with Crippen LogP contribution < -0.4 is 5.32 Å². The summed E-state index contributed by atoms with van der Waals surface area (Å²) in [5.41, 5.74) is 1.21. The second-order valence-electron chi connectivity index (χ2n) is 7.83. The number of anilines is 1. The number of sulfonamides is 1. The van der Waals surface area contributed by atoms with E-state index in [2.05, 4.69) is 5.32 Å². The monoisotopic (exact) mass is 423 g/mol. The summed E-state index contributed by atoms with van der Waals surface area (Å²) in [4.78, 5) is 27.0. The Balaban J connectivity index is 1.80. The maximum atomic E-state index is 12.9. The molecule has 2 aliphatic heterocycles. The van der Waals surface area contributed by atoms with Crippen molar-refractivity contribution in [3.05, 3.63) is 23.8 Å². The number of hydrogen-bond donors (Lipinski definition) is 1. The minimum absolute atomic E-state index is 0.0389. The zero-order valence-corrected chi connectivity index (χ0v) is 18.0. The normalized spacial score (nSPS) is 20.8. The van der Waals surface area contributed by atoms with Crippen LogP contribution in [0.15, 0.2) is 23.1 Å². The third-order valence-electron chi connectivity index (χ3n) is 5.41. The van der Waals surface area contributed by atoms with E-state index in [0.717, 1.165) is 12.0 Å². The van der Waals surface area contributed by atoms with Gasteiger partial charge in [0.2, 0.25) is 21.8 Å².